The Bertz CT molecular complexity index is 362. The molecule has 0 radical (unpaired) electrons. The first kappa shape index (κ1) is 15.6. The van der Waals surface area contributed by atoms with Crippen LogP contribution in [0.2, 0.25) is 10.0 Å². The Morgan fingerprint density at radius 2 is 1.83 bits per heavy atom. The van der Waals surface area contributed by atoms with Crippen LogP contribution in [0.15, 0.2) is 12.1 Å². The van der Waals surface area contributed by atoms with E-state index in [0.29, 0.717) is 15.7 Å². The van der Waals surface area contributed by atoms with Crippen LogP contribution in [-0.2, 0) is 11.3 Å². The minimum Gasteiger partial charge on any atom is -0.396 e. The molecule has 0 heterocycles. The van der Waals surface area contributed by atoms with Gasteiger partial charge in [-0.1, -0.05) is 30.1 Å². The lowest BCUT2D eigenvalue weighted by atomic mass is 10.2. The van der Waals surface area contributed by atoms with E-state index >= 15 is 0 Å². The standard InChI is InChI=1S/C13H20Cl2N2O/c1-3-17(5-6-18-4-2)9-10-7-11(14)13(16)12(15)8-10/h7-8H,3-6,9,16H2,1-2H3. The third kappa shape index (κ3) is 4.65. The monoisotopic (exact) mass is 290 g/mol. The van der Waals surface area contributed by atoms with Crippen LogP contribution in [-0.4, -0.2) is 31.2 Å². The molecule has 2 N–H and O–H groups in total. The van der Waals surface area contributed by atoms with E-state index in [9.17, 15) is 0 Å². The number of anilines is 1. The first-order valence-electron chi connectivity index (χ1n) is 6.12. The van der Waals surface area contributed by atoms with Crippen LogP contribution >= 0.6 is 23.2 Å². The van der Waals surface area contributed by atoms with E-state index in [2.05, 4.69) is 11.8 Å². The van der Waals surface area contributed by atoms with Crippen LogP contribution in [0.25, 0.3) is 0 Å². The van der Waals surface area contributed by atoms with Crippen molar-refractivity contribution < 1.29 is 4.74 Å². The second kappa shape index (κ2) is 7.85. The highest BCUT2D eigenvalue weighted by atomic mass is 35.5. The molecule has 1 rings (SSSR count). The Hall–Kier alpha value is -0.480. The molecule has 0 aromatic heterocycles. The molecule has 0 amide bonds. The maximum absolute atomic E-state index is 6.02. The highest BCUT2D eigenvalue weighted by molar-refractivity contribution is 6.38. The summed E-state index contributed by atoms with van der Waals surface area (Å²) in [6.45, 7) is 8.24. The van der Waals surface area contributed by atoms with Gasteiger partial charge in [-0.05, 0) is 31.2 Å². The molecule has 0 atom stereocenters. The summed E-state index contributed by atoms with van der Waals surface area (Å²) in [5, 5.41) is 1.02. The maximum atomic E-state index is 6.02. The van der Waals surface area contributed by atoms with Crippen molar-refractivity contribution in [3.05, 3.63) is 27.7 Å². The van der Waals surface area contributed by atoms with Gasteiger partial charge in [0.2, 0.25) is 0 Å². The highest BCUT2D eigenvalue weighted by Crippen LogP contribution is 2.29. The zero-order valence-corrected chi connectivity index (χ0v) is 12.4. The Kier molecular flexibility index (Phi) is 6.79. The number of rotatable bonds is 7. The lowest BCUT2D eigenvalue weighted by Gasteiger charge is -2.20. The van der Waals surface area contributed by atoms with Gasteiger partial charge in [0.15, 0.2) is 0 Å². The minimum atomic E-state index is 0.444. The predicted molar refractivity (Wildman–Crippen MR) is 78.3 cm³/mol. The van der Waals surface area contributed by atoms with Gasteiger partial charge in [-0.3, -0.25) is 4.90 Å². The summed E-state index contributed by atoms with van der Waals surface area (Å²) in [5.74, 6) is 0. The second-order valence-electron chi connectivity index (χ2n) is 4.04. The molecule has 102 valence electrons. The van der Waals surface area contributed by atoms with Crippen LogP contribution in [0.1, 0.15) is 19.4 Å². The van der Waals surface area contributed by atoms with E-state index in [4.69, 9.17) is 33.7 Å². The molecule has 0 aliphatic carbocycles. The third-order valence-electron chi connectivity index (χ3n) is 2.75. The smallest absolute Gasteiger partial charge is 0.0693 e. The Morgan fingerprint density at radius 1 is 1.22 bits per heavy atom. The third-order valence-corrected chi connectivity index (χ3v) is 3.37. The Balaban J connectivity index is 2.64. The molecular weight excluding hydrogens is 271 g/mol. The largest absolute Gasteiger partial charge is 0.396 e. The van der Waals surface area contributed by atoms with Crippen molar-refractivity contribution in [2.75, 3.05) is 32.0 Å². The summed E-state index contributed by atoms with van der Waals surface area (Å²) >= 11 is 12.0. The van der Waals surface area contributed by atoms with E-state index in [-0.39, 0.29) is 0 Å². The van der Waals surface area contributed by atoms with Gasteiger partial charge in [0, 0.05) is 19.7 Å². The summed E-state index contributed by atoms with van der Waals surface area (Å²) in [5.41, 5.74) is 7.23. The number of nitrogens with two attached hydrogens (primary N) is 1. The molecule has 0 saturated heterocycles. The van der Waals surface area contributed by atoms with Crippen LogP contribution in [0, 0.1) is 0 Å². The average molecular weight is 291 g/mol. The van der Waals surface area contributed by atoms with E-state index in [1.54, 1.807) is 0 Å². The Labute approximate surface area is 119 Å². The molecular formula is C13H20Cl2N2O. The number of nitrogens with zero attached hydrogens (tertiary/aromatic N) is 1. The van der Waals surface area contributed by atoms with Gasteiger partial charge in [0.25, 0.3) is 0 Å². The topological polar surface area (TPSA) is 38.5 Å². The van der Waals surface area contributed by atoms with Crippen molar-refractivity contribution in [3.8, 4) is 0 Å². The van der Waals surface area contributed by atoms with Gasteiger partial charge < -0.3 is 10.5 Å². The molecule has 0 fully saturated rings. The number of hydrogen-bond donors (Lipinski definition) is 1. The van der Waals surface area contributed by atoms with Crippen LogP contribution in [0.5, 0.6) is 0 Å². The van der Waals surface area contributed by atoms with Gasteiger partial charge in [-0.2, -0.15) is 0 Å². The lowest BCUT2D eigenvalue weighted by Crippen LogP contribution is -2.27. The molecule has 5 heteroatoms. The van der Waals surface area contributed by atoms with Crippen molar-refractivity contribution in [3.63, 3.8) is 0 Å². The van der Waals surface area contributed by atoms with E-state index in [0.717, 1.165) is 38.4 Å². The maximum Gasteiger partial charge on any atom is 0.0693 e. The highest BCUT2D eigenvalue weighted by Gasteiger charge is 2.08. The van der Waals surface area contributed by atoms with Crippen molar-refractivity contribution in [2.24, 2.45) is 0 Å². The summed E-state index contributed by atoms with van der Waals surface area (Å²) in [4.78, 5) is 2.27. The zero-order valence-electron chi connectivity index (χ0n) is 10.9. The van der Waals surface area contributed by atoms with Crippen LogP contribution in [0.3, 0.4) is 0 Å². The van der Waals surface area contributed by atoms with Crippen molar-refractivity contribution >= 4 is 28.9 Å². The average Bonchev–Trinajstić information content (AvgIpc) is 2.34. The summed E-state index contributed by atoms with van der Waals surface area (Å²) in [6.07, 6.45) is 0. The predicted octanol–water partition coefficient (Wildman–Crippen LogP) is 3.43. The Morgan fingerprint density at radius 3 is 2.33 bits per heavy atom. The quantitative estimate of drug-likeness (QED) is 0.618. The molecule has 3 nitrogen and oxygen atoms in total. The summed E-state index contributed by atoms with van der Waals surface area (Å²) in [6, 6.07) is 3.73. The molecule has 0 bridgehead atoms. The molecule has 0 aliphatic heterocycles. The molecule has 0 aliphatic rings. The fraction of sp³-hybridized carbons (Fsp3) is 0.538. The van der Waals surface area contributed by atoms with Crippen molar-refractivity contribution in [2.45, 2.75) is 20.4 Å². The van der Waals surface area contributed by atoms with Gasteiger partial charge in [-0.25, -0.2) is 0 Å². The van der Waals surface area contributed by atoms with Gasteiger partial charge in [0.05, 0.1) is 22.3 Å². The number of halogens is 2. The number of benzene rings is 1. The normalized spacial score (nSPS) is 11.2. The number of ether oxygens (including phenoxy) is 1. The minimum absolute atomic E-state index is 0.444. The summed E-state index contributed by atoms with van der Waals surface area (Å²) < 4.78 is 5.36. The molecule has 0 spiro atoms. The fourth-order valence-electron chi connectivity index (χ4n) is 1.67. The second-order valence-corrected chi connectivity index (χ2v) is 4.85. The molecule has 18 heavy (non-hydrogen) atoms. The zero-order chi connectivity index (χ0) is 13.5. The number of likely N-dealkylation sites (N-methyl/N-ethyl adjacent to an activating group) is 1. The number of nitrogen functional groups attached to an aromatic ring is 1. The van der Waals surface area contributed by atoms with Crippen molar-refractivity contribution in [1.82, 2.24) is 4.90 Å². The van der Waals surface area contributed by atoms with E-state index < -0.39 is 0 Å². The van der Waals surface area contributed by atoms with Gasteiger partial charge in [-0.15, -0.1) is 0 Å². The van der Waals surface area contributed by atoms with Gasteiger partial charge >= 0.3 is 0 Å². The molecule has 0 unspecified atom stereocenters. The van der Waals surface area contributed by atoms with E-state index in [1.165, 1.54) is 0 Å². The number of hydrogen-bond acceptors (Lipinski definition) is 3. The first-order valence-corrected chi connectivity index (χ1v) is 6.87. The van der Waals surface area contributed by atoms with Crippen LogP contribution < -0.4 is 5.73 Å². The SMILES string of the molecule is CCOCCN(CC)Cc1cc(Cl)c(N)c(Cl)c1. The van der Waals surface area contributed by atoms with Gasteiger partial charge in [0.1, 0.15) is 0 Å². The lowest BCUT2D eigenvalue weighted by molar-refractivity contribution is 0.113. The first-order chi connectivity index (χ1) is 8.58. The summed E-state index contributed by atoms with van der Waals surface area (Å²) in [7, 11) is 0. The fourth-order valence-corrected chi connectivity index (χ4v) is 2.21. The molecule has 1 aromatic carbocycles. The van der Waals surface area contributed by atoms with Crippen LogP contribution in [0.4, 0.5) is 5.69 Å². The van der Waals surface area contributed by atoms with Crippen molar-refractivity contribution in [1.29, 1.82) is 0 Å². The molecule has 1 aromatic rings. The molecule has 0 saturated carbocycles. The van der Waals surface area contributed by atoms with E-state index in [1.807, 2.05) is 19.1 Å².